The van der Waals surface area contributed by atoms with Crippen LogP contribution in [0.2, 0.25) is 5.02 Å². The van der Waals surface area contributed by atoms with Crippen molar-refractivity contribution < 1.29 is 9.59 Å². The van der Waals surface area contributed by atoms with Gasteiger partial charge in [-0.3, -0.25) is 9.59 Å². The molecule has 0 aliphatic heterocycles. The van der Waals surface area contributed by atoms with Crippen LogP contribution in [0.25, 0.3) is 16.9 Å². The molecule has 0 spiro atoms. The van der Waals surface area contributed by atoms with Gasteiger partial charge in [-0.05, 0) is 36.4 Å². The molecule has 5 aromatic rings. The number of nitrogen functional groups attached to an aromatic ring is 1. The van der Waals surface area contributed by atoms with E-state index in [0.717, 1.165) is 0 Å². The molecule has 0 fully saturated rings. The topological polar surface area (TPSA) is 133 Å². The maximum absolute atomic E-state index is 13.3. The number of nitrogens with two attached hydrogens (primary N) is 1. The Morgan fingerprint density at radius 3 is 2.49 bits per heavy atom. The van der Waals surface area contributed by atoms with E-state index in [1.807, 2.05) is 30.3 Å². The average Bonchev–Trinajstić information content (AvgIpc) is 3.50. The number of halogens is 1. The van der Waals surface area contributed by atoms with E-state index in [1.54, 1.807) is 60.5 Å². The van der Waals surface area contributed by atoms with Crippen molar-refractivity contribution in [3.63, 3.8) is 0 Å². The molecule has 0 aliphatic carbocycles. The molecule has 4 N–H and O–H groups in total. The summed E-state index contributed by atoms with van der Waals surface area (Å²) in [6.45, 7) is 0. The summed E-state index contributed by atoms with van der Waals surface area (Å²) in [5.74, 6) is 0.0694. The van der Waals surface area contributed by atoms with Gasteiger partial charge >= 0.3 is 0 Å². The number of benzene rings is 2. The van der Waals surface area contributed by atoms with Crippen molar-refractivity contribution in [2.45, 2.75) is 0 Å². The number of hydrogen-bond donors (Lipinski definition) is 3. The zero-order chi connectivity index (χ0) is 25.9. The van der Waals surface area contributed by atoms with E-state index in [0.29, 0.717) is 28.6 Å². The standard InChI is InChI=1S/C26H21ClN8O2/c1-34-14-23(29-15-34)31-26(37)21-13-24(35(33-21)17-6-3-2-4-7-17)32-25(36)18-12-16(10-11-19(18)27)20-8-5-9-22(28)30-20/h2-15H,1H3,(H2,28,30)(H,31,37)(H,32,36). The first-order valence-corrected chi connectivity index (χ1v) is 11.5. The molecule has 11 heteroatoms. The van der Waals surface area contributed by atoms with Gasteiger partial charge in [-0.2, -0.15) is 5.10 Å². The van der Waals surface area contributed by atoms with Crippen molar-refractivity contribution in [3.05, 3.63) is 102 Å². The minimum absolute atomic E-state index is 0.0913. The largest absolute Gasteiger partial charge is 0.384 e. The summed E-state index contributed by atoms with van der Waals surface area (Å²) < 4.78 is 3.18. The summed E-state index contributed by atoms with van der Waals surface area (Å²) in [7, 11) is 1.79. The number of hydrogen-bond acceptors (Lipinski definition) is 6. The Morgan fingerprint density at radius 1 is 0.946 bits per heavy atom. The second kappa shape index (κ2) is 9.96. The number of carbonyl (C=O) groups excluding carboxylic acids is 2. The van der Waals surface area contributed by atoms with Gasteiger partial charge in [0.2, 0.25) is 0 Å². The first-order valence-electron chi connectivity index (χ1n) is 11.2. The Hall–Kier alpha value is -4.96. The lowest BCUT2D eigenvalue weighted by atomic mass is 10.1. The summed E-state index contributed by atoms with van der Waals surface area (Å²) >= 11 is 6.38. The maximum Gasteiger partial charge on any atom is 0.277 e. The highest BCUT2D eigenvalue weighted by atomic mass is 35.5. The van der Waals surface area contributed by atoms with E-state index in [9.17, 15) is 9.59 Å². The first-order chi connectivity index (χ1) is 17.9. The van der Waals surface area contributed by atoms with Gasteiger partial charge in [-0.15, -0.1) is 0 Å². The van der Waals surface area contributed by atoms with E-state index in [1.165, 1.54) is 10.7 Å². The minimum Gasteiger partial charge on any atom is -0.384 e. The number of anilines is 3. The highest BCUT2D eigenvalue weighted by Crippen LogP contribution is 2.26. The van der Waals surface area contributed by atoms with Crippen LogP contribution in [0.15, 0.2) is 85.3 Å². The van der Waals surface area contributed by atoms with E-state index in [2.05, 4.69) is 25.7 Å². The lowest BCUT2D eigenvalue weighted by Gasteiger charge is -2.11. The van der Waals surface area contributed by atoms with Crippen molar-refractivity contribution in [1.29, 1.82) is 0 Å². The molecule has 37 heavy (non-hydrogen) atoms. The lowest BCUT2D eigenvalue weighted by molar-refractivity contribution is 0.101. The molecule has 2 amide bonds. The number of aromatic nitrogens is 5. The van der Waals surface area contributed by atoms with Gasteiger partial charge in [0.25, 0.3) is 11.8 Å². The number of nitrogens with zero attached hydrogens (tertiary/aromatic N) is 5. The average molecular weight is 513 g/mol. The van der Waals surface area contributed by atoms with Gasteiger partial charge in [0, 0.05) is 24.9 Å². The predicted octanol–water partition coefficient (Wildman–Crippen LogP) is 4.41. The third-order valence-electron chi connectivity index (χ3n) is 5.41. The van der Waals surface area contributed by atoms with Crippen LogP contribution in [-0.4, -0.2) is 36.1 Å². The molecule has 0 unspecified atom stereocenters. The summed E-state index contributed by atoms with van der Waals surface area (Å²) in [4.78, 5) is 34.6. The van der Waals surface area contributed by atoms with Gasteiger partial charge < -0.3 is 20.9 Å². The number of nitrogens with one attached hydrogen (secondary N) is 2. The fourth-order valence-electron chi connectivity index (χ4n) is 3.66. The zero-order valence-corrected chi connectivity index (χ0v) is 20.3. The van der Waals surface area contributed by atoms with Crippen molar-refractivity contribution in [1.82, 2.24) is 24.3 Å². The maximum atomic E-state index is 13.3. The van der Waals surface area contributed by atoms with E-state index >= 15 is 0 Å². The lowest BCUT2D eigenvalue weighted by Crippen LogP contribution is -2.16. The number of imidazole rings is 1. The number of amides is 2. The number of carbonyl (C=O) groups is 2. The molecule has 3 heterocycles. The van der Waals surface area contributed by atoms with Gasteiger partial charge in [-0.25, -0.2) is 14.6 Å². The highest BCUT2D eigenvalue weighted by molar-refractivity contribution is 6.34. The van der Waals surface area contributed by atoms with Crippen LogP contribution in [0.3, 0.4) is 0 Å². The van der Waals surface area contributed by atoms with Crippen molar-refractivity contribution >= 4 is 40.9 Å². The molecule has 184 valence electrons. The Balaban J connectivity index is 1.47. The Labute approximate surface area is 216 Å². The SMILES string of the molecule is Cn1cnc(NC(=O)c2cc(NC(=O)c3cc(-c4cccc(N)n4)ccc3Cl)n(-c3ccccc3)n2)c1. The van der Waals surface area contributed by atoms with E-state index in [-0.39, 0.29) is 22.1 Å². The monoisotopic (exact) mass is 512 g/mol. The molecule has 3 aromatic heterocycles. The van der Waals surface area contributed by atoms with Gasteiger partial charge in [0.15, 0.2) is 11.5 Å². The molecule has 2 aromatic carbocycles. The highest BCUT2D eigenvalue weighted by Gasteiger charge is 2.20. The van der Waals surface area contributed by atoms with Crippen LogP contribution in [0.1, 0.15) is 20.8 Å². The summed E-state index contributed by atoms with van der Waals surface area (Å²) in [5.41, 5.74) is 8.06. The number of pyridine rings is 1. The van der Waals surface area contributed by atoms with Crippen LogP contribution >= 0.6 is 11.6 Å². The minimum atomic E-state index is -0.482. The van der Waals surface area contributed by atoms with Crippen molar-refractivity contribution in [3.8, 4) is 16.9 Å². The number of aryl methyl sites for hydroxylation is 1. The predicted molar refractivity (Wildman–Crippen MR) is 142 cm³/mol. The molecule has 5 rings (SSSR count). The summed E-state index contributed by atoms with van der Waals surface area (Å²) in [6.07, 6.45) is 3.24. The number of para-hydroxylation sites is 1. The molecular formula is C26H21ClN8O2. The van der Waals surface area contributed by atoms with Crippen LogP contribution < -0.4 is 16.4 Å². The fraction of sp³-hybridized carbons (Fsp3) is 0.0385. The smallest absolute Gasteiger partial charge is 0.277 e. The van der Waals surface area contributed by atoms with Crippen LogP contribution in [0.4, 0.5) is 17.5 Å². The van der Waals surface area contributed by atoms with Crippen LogP contribution in [0, 0.1) is 0 Å². The molecule has 0 bridgehead atoms. The molecule has 0 aliphatic rings. The van der Waals surface area contributed by atoms with E-state index < -0.39 is 11.8 Å². The molecular weight excluding hydrogens is 492 g/mol. The second-order valence-electron chi connectivity index (χ2n) is 8.14. The Morgan fingerprint density at radius 2 is 1.76 bits per heavy atom. The van der Waals surface area contributed by atoms with Gasteiger partial charge in [0.05, 0.1) is 28.3 Å². The van der Waals surface area contributed by atoms with Gasteiger partial charge in [-0.1, -0.05) is 41.9 Å². The van der Waals surface area contributed by atoms with E-state index in [4.69, 9.17) is 17.3 Å². The Kier molecular flexibility index (Phi) is 6.40. The van der Waals surface area contributed by atoms with Crippen LogP contribution in [0.5, 0.6) is 0 Å². The molecule has 0 saturated carbocycles. The second-order valence-corrected chi connectivity index (χ2v) is 8.54. The van der Waals surface area contributed by atoms with Crippen LogP contribution in [-0.2, 0) is 7.05 Å². The molecule has 0 atom stereocenters. The first kappa shape index (κ1) is 23.8. The van der Waals surface area contributed by atoms with Gasteiger partial charge in [0.1, 0.15) is 11.6 Å². The summed E-state index contributed by atoms with van der Waals surface area (Å²) in [5, 5.41) is 10.2. The quantitative estimate of drug-likeness (QED) is 0.308. The van der Waals surface area contributed by atoms with Crippen molar-refractivity contribution in [2.24, 2.45) is 7.05 Å². The third kappa shape index (κ3) is 5.19. The molecule has 10 nitrogen and oxygen atoms in total. The summed E-state index contributed by atoms with van der Waals surface area (Å²) in [6, 6.07) is 20.9. The normalized spacial score (nSPS) is 10.8. The molecule has 0 radical (unpaired) electrons. The zero-order valence-electron chi connectivity index (χ0n) is 19.6. The fourth-order valence-corrected chi connectivity index (χ4v) is 3.86. The Bertz CT molecular complexity index is 1610. The van der Waals surface area contributed by atoms with Crippen molar-refractivity contribution in [2.75, 3.05) is 16.4 Å². The molecule has 0 saturated heterocycles. The third-order valence-corrected chi connectivity index (χ3v) is 5.74. The number of rotatable bonds is 6.